The molecule has 0 radical (unpaired) electrons. The highest BCUT2D eigenvalue weighted by atomic mass is 32.2. The van der Waals surface area contributed by atoms with Crippen molar-refractivity contribution in [2.75, 3.05) is 6.26 Å². The van der Waals surface area contributed by atoms with Gasteiger partial charge in [-0.3, -0.25) is 4.79 Å². The molecule has 0 aromatic heterocycles. The third-order valence-electron chi connectivity index (χ3n) is 0.757. The molecule has 52 valence electrons. The molecule has 9 heavy (non-hydrogen) atoms. The maximum atomic E-state index is 9.92. The SMILES string of the molecule is CSC=CCCC(=O)O. The summed E-state index contributed by atoms with van der Waals surface area (Å²) in [6.07, 6.45) is 4.67. The first kappa shape index (κ1) is 8.56. The molecule has 0 aliphatic carbocycles. The predicted molar refractivity (Wildman–Crippen MR) is 39.5 cm³/mol. The normalized spacial score (nSPS) is 10.3. The highest BCUT2D eigenvalue weighted by molar-refractivity contribution is 8.01. The number of carboxylic acid groups (broad SMARTS) is 1. The van der Waals surface area contributed by atoms with E-state index in [0.717, 1.165) is 0 Å². The van der Waals surface area contributed by atoms with Crippen molar-refractivity contribution >= 4 is 17.7 Å². The Balaban J connectivity index is 3.09. The zero-order valence-corrected chi connectivity index (χ0v) is 6.15. The maximum absolute atomic E-state index is 9.92. The van der Waals surface area contributed by atoms with E-state index >= 15 is 0 Å². The van der Waals surface area contributed by atoms with Gasteiger partial charge in [0.05, 0.1) is 0 Å². The van der Waals surface area contributed by atoms with Gasteiger partial charge < -0.3 is 5.11 Å². The lowest BCUT2D eigenvalue weighted by Gasteiger charge is -1.84. The van der Waals surface area contributed by atoms with Crippen LogP contribution in [-0.4, -0.2) is 17.3 Å². The van der Waals surface area contributed by atoms with Crippen molar-refractivity contribution in [3.8, 4) is 0 Å². The van der Waals surface area contributed by atoms with Crippen LogP contribution in [0.3, 0.4) is 0 Å². The number of aliphatic carboxylic acids is 1. The number of carboxylic acids is 1. The molecule has 0 saturated carbocycles. The molecule has 0 amide bonds. The summed E-state index contributed by atoms with van der Waals surface area (Å²) in [7, 11) is 0. The molecule has 0 unspecified atom stereocenters. The molecule has 0 saturated heterocycles. The molecule has 0 aliphatic heterocycles. The fourth-order valence-corrected chi connectivity index (χ4v) is 0.700. The largest absolute Gasteiger partial charge is 0.481 e. The zero-order chi connectivity index (χ0) is 7.11. The average Bonchev–Trinajstić information content (AvgIpc) is 1.80. The summed E-state index contributed by atoms with van der Waals surface area (Å²) in [5.41, 5.74) is 0. The van der Waals surface area contributed by atoms with Gasteiger partial charge in [-0.05, 0) is 18.1 Å². The molecule has 2 nitrogen and oxygen atoms in total. The van der Waals surface area contributed by atoms with E-state index in [9.17, 15) is 4.79 Å². The summed E-state index contributed by atoms with van der Waals surface area (Å²) in [5, 5.41) is 10.1. The van der Waals surface area contributed by atoms with Crippen molar-refractivity contribution < 1.29 is 9.90 Å². The van der Waals surface area contributed by atoms with Gasteiger partial charge in [-0.15, -0.1) is 11.8 Å². The van der Waals surface area contributed by atoms with Crippen LogP contribution >= 0.6 is 11.8 Å². The number of allylic oxidation sites excluding steroid dienone is 1. The molecule has 0 aliphatic rings. The van der Waals surface area contributed by atoms with Crippen LogP contribution < -0.4 is 0 Å². The van der Waals surface area contributed by atoms with Gasteiger partial charge in [-0.25, -0.2) is 0 Å². The Labute approximate surface area is 59.0 Å². The Morgan fingerprint density at radius 3 is 2.89 bits per heavy atom. The lowest BCUT2D eigenvalue weighted by atomic mass is 10.3. The quantitative estimate of drug-likeness (QED) is 0.656. The lowest BCUT2D eigenvalue weighted by molar-refractivity contribution is -0.136. The van der Waals surface area contributed by atoms with Gasteiger partial charge in [0.2, 0.25) is 0 Å². The molecule has 0 aromatic rings. The van der Waals surface area contributed by atoms with E-state index in [2.05, 4.69) is 0 Å². The molecule has 0 aromatic carbocycles. The number of hydrogen-bond donors (Lipinski definition) is 1. The third-order valence-corrected chi connectivity index (χ3v) is 1.22. The Bertz CT molecular complexity index is 110. The number of hydrogen-bond acceptors (Lipinski definition) is 2. The van der Waals surface area contributed by atoms with Gasteiger partial charge in [-0.1, -0.05) is 6.08 Å². The summed E-state index contributed by atoms with van der Waals surface area (Å²) in [6.45, 7) is 0. The van der Waals surface area contributed by atoms with Crippen LogP contribution in [0.25, 0.3) is 0 Å². The first-order chi connectivity index (χ1) is 4.27. The average molecular weight is 146 g/mol. The Morgan fingerprint density at radius 1 is 1.78 bits per heavy atom. The van der Waals surface area contributed by atoms with Gasteiger partial charge in [0.1, 0.15) is 0 Å². The van der Waals surface area contributed by atoms with E-state index in [1.54, 1.807) is 11.8 Å². The topological polar surface area (TPSA) is 37.3 Å². The summed E-state index contributed by atoms with van der Waals surface area (Å²) < 4.78 is 0. The molecule has 0 fully saturated rings. The predicted octanol–water partition coefficient (Wildman–Crippen LogP) is 1.73. The minimum Gasteiger partial charge on any atom is -0.481 e. The van der Waals surface area contributed by atoms with E-state index in [-0.39, 0.29) is 6.42 Å². The minimum atomic E-state index is -0.735. The van der Waals surface area contributed by atoms with E-state index < -0.39 is 5.97 Å². The Morgan fingerprint density at radius 2 is 2.44 bits per heavy atom. The molecular weight excluding hydrogens is 136 g/mol. The van der Waals surface area contributed by atoms with Crippen molar-refractivity contribution in [2.45, 2.75) is 12.8 Å². The first-order valence-electron chi connectivity index (χ1n) is 2.67. The Hall–Kier alpha value is -0.440. The maximum Gasteiger partial charge on any atom is 0.303 e. The van der Waals surface area contributed by atoms with Crippen LogP contribution in [0.4, 0.5) is 0 Å². The second-order valence-electron chi connectivity index (χ2n) is 1.54. The van der Waals surface area contributed by atoms with Crippen LogP contribution in [0.5, 0.6) is 0 Å². The van der Waals surface area contributed by atoms with Crippen LogP contribution in [0.2, 0.25) is 0 Å². The van der Waals surface area contributed by atoms with Crippen LogP contribution in [0.15, 0.2) is 11.5 Å². The fraction of sp³-hybridized carbons (Fsp3) is 0.500. The molecule has 1 N–H and O–H groups in total. The highest BCUT2D eigenvalue weighted by Crippen LogP contribution is 1.97. The number of thioether (sulfide) groups is 1. The molecule has 0 rings (SSSR count). The van der Waals surface area contributed by atoms with Gasteiger partial charge in [0, 0.05) is 6.42 Å². The van der Waals surface area contributed by atoms with Crippen molar-refractivity contribution in [1.29, 1.82) is 0 Å². The van der Waals surface area contributed by atoms with Crippen molar-refractivity contribution in [2.24, 2.45) is 0 Å². The smallest absolute Gasteiger partial charge is 0.303 e. The molecular formula is C6H10O2S. The Kier molecular flexibility index (Phi) is 5.41. The minimum absolute atomic E-state index is 0.233. The monoisotopic (exact) mass is 146 g/mol. The van der Waals surface area contributed by atoms with Gasteiger partial charge >= 0.3 is 5.97 Å². The molecule has 0 atom stereocenters. The first-order valence-corrected chi connectivity index (χ1v) is 3.95. The summed E-state index contributed by atoms with van der Waals surface area (Å²) in [5.74, 6) is -0.735. The van der Waals surface area contributed by atoms with Crippen LogP contribution in [0.1, 0.15) is 12.8 Å². The number of rotatable bonds is 4. The zero-order valence-electron chi connectivity index (χ0n) is 5.33. The van der Waals surface area contributed by atoms with E-state index in [4.69, 9.17) is 5.11 Å². The van der Waals surface area contributed by atoms with E-state index in [1.807, 2.05) is 17.7 Å². The van der Waals surface area contributed by atoms with Crippen molar-refractivity contribution in [3.05, 3.63) is 11.5 Å². The van der Waals surface area contributed by atoms with Crippen molar-refractivity contribution in [1.82, 2.24) is 0 Å². The molecule has 0 heterocycles. The van der Waals surface area contributed by atoms with Gasteiger partial charge in [-0.2, -0.15) is 0 Å². The van der Waals surface area contributed by atoms with Crippen molar-refractivity contribution in [3.63, 3.8) is 0 Å². The fourth-order valence-electron chi connectivity index (χ4n) is 0.371. The lowest BCUT2D eigenvalue weighted by Crippen LogP contribution is -1.91. The molecule has 0 bridgehead atoms. The summed E-state index contributed by atoms with van der Waals surface area (Å²) in [4.78, 5) is 9.92. The third kappa shape index (κ3) is 7.56. The van der Waals surface area contributed by atoms with E-state index in [1.165, 1.54) is 0 Å². The second-order valence-corrected chi connectivity index (χ2v) is 2.28. The molecule has 0 spiro atoms. The summed E-state index contributed by atoms with van der Waals surface area (Å²) in [6, 6.07) is 0. The summed E-state index contributed by atoms with van der Waals surface area (Å²) >= 11 is 1.58. The number of carbonyl (C=O) groups is 1. The van der Waals surface area contributed by atoms with Crippen LogP contribution in [-0.2, 0) is 4.79 Å². The standard InChI is InChI=1S/C6H10O2S/c1-9-5-3-2-4-6(7)8/h3,5H,2,4H2,1H3,(H,7,8). The highest BCUT2D eigenvalue weighted by Gasteiger charge is 1.90. The van der Waals surface area contributed by atoms with Gasteiger partial charge in [0.15, 0.2) is 0 Å². The second kappa shape index (κ2) is 5.69. The van der Waals surface area contributed by atoms with Crippen LogP contribution in [0, 0.1) is 0 Å². The van der Waals surface area contributed by atoms with Gasteiger partial charge in [0.25, 0.3) is 0 Å². The molecule has 3 heteroatoms. The van der Waals surface area contributed by atoms with E-state index in [0.29, 0.717) is 6.42 Å².